The van der Waals surface area contributed by atoms with Gasteiger partial charge in [0.1, 0.15) is 11.5 Å². The minimum atomic E-state index is -0.411. The van der Waals surface area contributed by atoms with Gasteiger partial charge < -0.3 is 14.8 Å². The van der Waals surface area contributed by atoms with Crippen molar-refractivity contribution in [2.75, 3.05) is 19.0 Å². The predicted octanol–water partition coefficient (Wildman–Crippen LogP) is 3.52. The van der Waals surface area contributed by atoms with Crippen LogP contribution >= 0.6 is 0 Å². The normalized spacial score (nSPS) is 11.0. The molecular formula is C22H27N3O4. The summed E-state index contributed by atoms with van der Waals surface area (Å²) in [5.41, 5.74) is 6.86. The highest BCUT2D eigenvalue weighted by atomic mass is 16.5. The summed E-state index contributed by atoms with van der Waals surface area (Å²) in [4.78, 5) is 24.2. The molecule has 0 spiro atoms. The van der Waals surface area contributed by atoms with Crippen molar-refractivity contribution in [1.82, 2.24) is 5.43 Å². The summed E-state index contributed by atoms with van der Waals surface area (Å²) < 4.78 is 10.4. The Morgan fingerprint density at radius 1 is 0.966 bits per heavy atom. The van der Waals surface area contributed by atoms with Gasteiger partial charge in [0.15, 0.2) is 6.61 Å². The summed E-state index contributed by atoms with van der Waals surface area (Å²) >= 11 is 0. The Labute approximate surface area is 171 Å². The smallest absolute Gasteiger partial charge is 0.277 e. The van der Waals surface area contributed by atoms with E-state index >= 15 is 0 Å². The number of ether oxygens (including phenoxy) is 2. The maximum Gasteiger partial charge on any atom is 0.277 e. The van der Waals surface area contributed by atoms with Crippen LogP contribution in [0.3, 0.4) is 0 Å². The van der Waals surface area contributed by atoms with E-state index in [9.17, 15) is 9.59 Å². The number of nitrogens with one attached hydrogen (secondary N) is 2. The molecule has 7 heteroatoms. The number of hydrogen-bond donors (Lipinski definition) is 2. The Morgan fingerprint density at radius 3 is 2.14 bits per heavy atom. The number of hydrazone groups is 1. The highest BCUT2D eigenvalue weighted by Crippen LogP contribution is 2.22. The van der Waals surface area contributed by atoms with Crippen LogP contribution in [0.15, 0.2) is 41.5 Å². The fraction of sp³-hybridized carbons (Fsp3) is 0.318. The first-order valence-electron chi connectivity index (χ1n) is 9.25. The molecule has 0 saturated carbocycles. The van der Waals surface area contributed by atoms with Gasteiger partial charge in [-0.15, -0.1) is 0 Å². The Kier molecular flexibility index (Phi) is 7.77. The number of rotatable bonds is 8. The van der Waals surface area contributed by atoms with Gasteiger partial charge in [0.2, 0.25) is 5.91 Å². The van der Waals surface area contributed by atoms with E-state index in [1.54, 1.807) is 38.3 Å². The lowest BCUT2D eigenvalue weighted by Crippen LogP contribution is -2.26. The van der Waals surface area contributed by atoms with Gasteiger partial charge in [-0.1, -0.05) is 17.7 Å². The molecule has 2 N–H and O–H groups in total. The van der Waals surface area contributed by atoms with Crippen LogP contribution in [0, 0.1) is 20.8 Å². The van der Waals surface area contributed by atoms with E-state index in [4.69, 9.17) is 9.47 Å². The fourth-order valence-corrected chi connectivity index (χ4v) is 2.84. The van der Waals surface area contributed by atoms with E-state index < -0.39 is 5.91 Å². The highest BCUT2D eigenvalue weighted by molar-refractivity contribution is 6.06. The van der Waals surface area contributed by atoms with E-state index in [0.29, 0.717) is 17.2 Å². The molecule has 0 aliphatic carbocycles. The van der Waals surface area contributed by atoms with Crippen molar-refractivity contribution < 1.29 is 19.1 Å². The van der Waals surface area contributed by atoms with Crippen LogP contribution in [-0.2, 0) is 9.59 Å². The van der Waals surface area contributed by atoms with E-state index in [0.717, 1.165) is 22.4 Å². The van der Waals surface area contributed by atoms with Crippen LogP contribution < -0.4 is 20.2 Å². The second-order valence-electron chi connectivity index (χ2n) is 6.84. The first-order chi connectivity index (χ1) is 13.8. The molecule has 0 heterocycles. The molecule has 0 unspecified atom stereocenters. The summed E-state index contributed by atoms with van der Waals surface area (Å²) in [6.07, 6.45) is 0.0758. The predicted molar refractivity (Wildman–Crippen MR) is 114 cm³/mol. The molecule has 0 aromatic heterocycles. The molecule has 0 aliphatic heterocycles. The van der Waals surface area contributed by atoms with Gasteiger partial charge in [0.05, 0.1) is 13.5 Å². The second kappa shape index (κ2) is 10.3. The van der Waals surface area contributed by atoms with Crippen LogP contribution in [0.4, 0.5) is 5.69 Å². The average Bonchev–Trinajstić information content (AvgIpc) is 2.68. The number of benzene rings is 2. The van der Waals surface area contributed by atoms with Crippen LogP contribution in [0.1, 0.15) is 30.0 Å². The molecule has 0 saturated heterocycles. The lowest BCUT2D eigenvalue weighted by molar-refractivity contribution is -0.123. The van der Waals surface area contributed by atoms with Crippen molar-refractivity contribution in [3.63, 3.8) is 0 Å². The van der Waals surface area contributed by atoms with Crippen molar-refractivity contribution >= 4 is 23.2 Å². The van der Waals surface area contributed by atoms with Crippen LogP contribution in [0.2, 0.25) is 0 Å². The molecule has 154 valence electrons. The Balaban J connectivity index is 1.81. The molecule has 2 aromatic carbocycles. The average molecular weight is 397 g/mol. The number of anilines is 1. The summed E-state index contributed by atoms with van der Waals surface area (Å²) in [5, 5.41) is 6.87. The van der Waals surface area contributed by atoms with Gasteiger partial charge in [0.25, 0.3) is 5.91 Å². The zero-order chi connectivity index (χ0) is 21.4. The van der Waals surface area contributed by atoms with Gasteiger partial charge in [-0.2, -0.15) is 5.10 Å². The number of methoxy groups -OCH3 is 1. The molecule has 0 aliphatic rings. The van der Waals surface area contributed by atoms with Gasteiger partial charge >= 0.3 is 0 Å². The SMILES string of the molecule is COc1ccc(OCC(=O)N/N=C(\C)CC(=O)Nc2c(C)cc(C)cc2C)cc1. The van der Waals surface area contributed by atoms with Crippen molar-refractivity contribution in [3.05, 3.63) is 53.1 Å². The minimum Gasteiger partial charge on any atom is -0.497 e. The molecular weight excluding hydrogens is 370 g/mol. The molecule has 29 heavy (non-hydrogen) atoms. The Bertz CT molecular complexity index is 882. The van der Waals surface area contributed by atoms with Crippen molar-refractivity contribution in [2.45, 2.75) is 34.1 Å². The first-order valence-corrected chi connectivity index (χ1v) is 9.25. The van der Waals surface area contributed by atoms with Gasteiger partial charge in [-0.05, 0) is 63.1 Å². The standard InChI is InChI=1S/C22H27N3O4/c1-14-10-15(2)22(16(3)11-14)23-20(26)12-17(4)24-25-21(27)13-29-19-8-6-18(28-5)7-9-19/h6-11H,12-13H2,1-5H3,(H,23,26)(H,25,27)/b24-17+. The van der Waals surface area contributed by atoms with Crippen molar-refractivity contribution in [1.29, 1.82) is 0 Å². The summed E-state index contributed by atoms with van der Waals surface area (Å²) in [7, 11) is 1.58. The molecule has 2 rings (SSSR count). The minimum absolute atomic E-state index is 0.0758. The summed E-state index contributed by atoms with van der Waals surface area (Å²) in [6.45, 7) is 7.43. The van der Waals surface area contributed by atoms with E-state index in [-0.39, 0.29) is 18.9 Å². The first kappa shape index (κ1) is 21.9. The van der Waals surface area contributed by atoms with Crippen molar-refractivity contribution in [3.8, 4) is 11.5 Å². The quantitative estimate of drug-likeness (QED) is 0.527. The molecule has 7 nitrogen and oxygen atoms in total. The zero-order valence-corrected chi connectivity index (χ0v) is 17.5. The van der Waals surface area contributed by atoms with Crippen LogP contribution in [0.5, 0.6) is 11.5 Å². The number of carbonyl (C=O) groups excluding carboxylic acids is 2. The van der Waals surface area contributed by atoms with E-state index in [1.807, 2.05) is 32.9 Å². The van der Waals surface area contributed by atoms with Crippen LogP contribution in [0.25, 0.3) is 0 Å². The Morgan fingerprint density at radius 2 is 1.55 bits per heavy atom. The molecule has 0 fully saturated rings. The third-order valence-corrected chi connectivity index (χ3v) is 4.16. The van der Waals surface area contributed by atoms with E-state index in [1.165, 1.54) is 0 Å². The molecule has 2 amide bonds. The maximum atomic E-state index is 12.3. The van der Waals surface area contributed by atoms with Gasteiger partial charge in [-0.25, -0.2) is 5.43 Å². The second-order valence-corrected chi connectivity index (χ2v) is 6.84. The van der Waals surface area contributed by atoms with Gasteiger partial charge in [0, 0.05) is 11.4 Å². The zero-order valence-electron chi connectivity index (χ0n) is 17.5. The topological polar surface area (TPSA) is 89.0 Å². The summed E-state index contributed by atoms with van der Waals surface area (Å²) in [5.74, 6) is 0.650. The number of hydrogen-bond acceptors (Lipinski definition) is 5. The number of nitrogens with zero attached hydrogens (tertiary/aromatic N) is 1. The van der Waals surface area contributed by atoms with Gasteiger partial charge in [-0.3, -0.25) is 9.59 Å². The maximum absolute atomic E-state index is 12.3. The number of amides is 2. The van der Waals surface area contributed by atoms with E-state index in [2.05, 4.69) is 15.8 Å². The van der Waals surface area contributed by atoms with Crippen molar-refractivity contribution in [2.24, 2.45) is 5.10 Å². The molecule has 0 atom stereocenters. The molecule has 0 radical (unpaired) electrons. The molecule has 0 bridgehead atoms. The lowest BCUT2D eigenvalue weighted by Gasteiger charge is -2.12. The fourth-order valence-electron chi connectivity index (χ4n) is 2.84. The van der Waals surface area contributed by atoms with Crippen LogP contribution in [-0.4, -0.2) is 31.2 Å². The summed E-state index contributed by atoms with van der Waals surface area (Å²) in [6, 6.07) is 10.9. The number of carbonyl (C=O) groups is 2. The number of aryl methyl sites for hydroxylation is 3. The largest absolute Gasteiger partial charge is 0.497 e. The third kappa shape index (κ3) is 6.95. The monoisotopic (exact) mass is 397 g/mol. The Hall–Kier alpha value is -3.35. The molecule has 2 aromatic rings. The third-order valence-electron chi connectivity index (χ3n) is 4.16. The lowest BCUT2D eigenvalue weighted by atomic mass is 10.0. The highest BCUT2D eigenvalue weighted by Gasteiger charge is 2.10.